The Kier molecular flexibility index (Phi) is 11.6. The summed E-state index contributed by atoms with van der Waals surface area (Å²) in [6, 6.07) is -0.626. The van der Waals surface area contributed by atoms with E-state index in [1.165, 1.54) is 6.33 Å². The van der Waals surface area contributed by atoms with Crippen LogP contribution in [0.1, 0.15) is 67.2 Å². The molecule has 0 bridgehead atoms. The van der Waals surface area contributed by atoms with Crippen molar-refractivity contribution in [1.82, 2.24) is 29.7 Å². The quantitative estimate of drug-likeness (QED) is 0.127. The van der Waals surface area contributed by atoms with Crippen LogP contribution in [0.2, 0.25) is 0 Å². The van der Waals surface area contributed by atoms with Crippen molar-refractivity contribution in [3.05, 3.63) is 12.7 Å². The number of hydrogen-bond acceptors (Lipinski definition) is 9. The van der Waals surface area contributed by atoms with E-state index < -0.39 is 37.1 Å². The zero-order valence-corrected chi connectivity index (χ0v) is 24.0. The molecule has 0 aliphatic heterocycles. The summed E-state index contributed by atoms with van der Waals surface area (Å²) in [5.74, 6) is -1.46. The molecular weight excluding hydrogens is 513 g/mol. The van der Waals surface area contributed by atoms with Crippen LogP contribution >= 0.6 is 7.44 Å². The number of rotatable bonds is 17. The van der Waals surface area contributed by atoms with E-state index in [9.17, 15) is 19.3 Å². The van der Waals surface area contributed by atoms with Crippen molar-refractivity contribution in [2.75, 3.05) is 18.7 Å². The molecule has 0 aliphatic rings. The van der Waals surface area contributed by atoms with Gasteiger partial charge in [0.25, 0.3) is 0 Å². The highest BCUT2D eigenvalue weighted by atomic mass is 31.2. The first-order valence-corrected chi connectivity index (χ1v) is 14.8. The average Bonchev–Trinajstić information content (AvgIpc) is 3.23. The van der Waals surface area contributed by atoms with Crippen LogP contribution in [0.5, 0.6) is 0 Å². The molecule has 214 valence electrons. The summed E-state index contributed by atoms with van der Waals surface area (Å²) < 4.78 is 27.3. The molecule has 5 N–H and O–H groups in total. The van der Waals surface area contributed by atoms with Crippen LogP contribution in [0.15, 0.2) is 12.7 Å². The van der Waals surface area contributed by atoms with Gasteiger partial charge >= 0.3 is 11.9 Å². The lowest BCUT2D eigenvalue weighted by Gasteiger charge is -2.34. The standard InChI is InChI=1S/C24H42N7O6P/c1-7-8-9-10-36-23(34)24(5,6)30-38(35,29-18(16(2)3)11-19(32)33)15-37-17(4)12-31-14-28-20-21(25)26-13-27-22(20)31/h13-14,16-18H,7-12,15H2,1-6H3,(H,32,33)(H2,25,26,27)(H2,29,30,35)/t17-,18+,38+/m1/s1. The molecule has 2 heterocycles. The fourth-order valence-electron chi connectivity index (χ4n) is 3.78. The van der Waals surface area contributed by atoms with Crippen LogP contribution in [-0.4, -0.2) is 67.2 Å². The number of hydrogen-bond donors (Lipinski definition) is 4. The lowest BCUT2D eigenvalue weighted by Crippen LogP contribution is -2.50. The number of unbranched alkanes of at least 4 members (excludes halogenated alkanes) is 2. The third-order valence-electron chi connectivity index (χ3n) is 5.95. The molecule has 0 spiro atoms. The summed E-state index contributed by atoms with van der Waals surface area (Å²) in [7, 11) is -3.66. The predicted molar refractivity (Wildman–Crippen MR) is 144 cm³/mol. The summed E-state index contributed by atoms with van der Waals surface area (Å²) in [5, 5.41) is 15.3. The molecule has 0 aliphatic carbocycles. The molecule has 2 rings (SSSR count). The first kappa shape index (κ1) is 31.6. The SMILES string of the molecule is CCCCCOC(=O)C(C)(C)N[P@](=O)(CO[C@H](C)Cn1cnc2c(N)ncnc21)N[C@@H](CC(=O)O)C(C)C. The van der Waals surface area contributed by atoms with Gasteiger partial charge in [0.2, 0.25) is 7.44 Å². The maximum atomic E-state index is 14.2. The van der Waals surface area contributed by atoms with Gasteiger partial charge in [-0.15, -0.1) is 0 Å². The van der Waals surface area contributed by atoms with Crippen molar-refractivity contribution in [2.45, 2.75) is 91.5 Å². The predicted octanol–water partition coefficient (Wildman–Crippen LogP) is 3.15. The van der Waals surface area contributed by atoms with Gasteiger partial charge in [-0.05, 0) is 33.1 Å². The van der Waals surface area contributed by atoms with Crippen molar-refractivity contribution in [3.8, 4) is 0 Å². The number of nitrogens with one attached hydrogen (secondary N) is 2. The molecule has 0 unspecified atom stereocenters. The van der Waals surface area contributed by atoms with Crippen LogP contribution in [-0.2, 0) is 30.2 Å². The Morgan fingerprint density at radius 2 is 1.92 bits per heavy atom. The van der Waals surface area contributed by atoms with Crippen LogP contribution in [0.4, 0.5) is 5.82 Å². The zero-order chi connectivity index (χ0) is 28.5. The molecule has 13 nitrogen and oxygen atoms in total. The fourth-order valence-corrected chi connectivity index (χ4v) is 6.36. The molecule has 0 aromatic carbocycles. The number of aliphatic carboxylic acids is 1. The van der Waals surface area contributed by atoms with E-state index in [-0.39, 0.29) is 31.1 Å². The van der Waals surface area contributed by atoms with Gasteiger partial charge in [-0.2, -0.15) is 0 Å². The Morgan fingerprint density at radius 3 is 2.55 bits per heavy atom. The second kappa shape index (κ2) is 14.0. The number of nitrogen functional groups attached to an aromatic ring is 1. The number of nitrogens with two attached hydrogens (primary N) is 1. The van der Waals surface area contributed by atoms with E-state index in [4.69, 9.17) is 15.2 Å². The average molecular weight is 556 g/mol. The van der Waals surface area contributed by atoms with Gasteiger partial charge in [-0.25, -0.2) is 25.1 Å². The largest absolute Gasteiger partial charge is 0.481 e. The number of esters is 1. The zero-order valence-electron chi connectivity index (χ0n) is 23.1. The summed E-state index contributed by atoms with van der Waals surface area (Å²) in [4.78, 5) is 36.7. The number of carboxylic acids is 1. The van der Waals surface area contributed by atoms with Crippen molar-refractivity contribution >= 4 is 36.4 Å². The summed E-state index contributed by atoms with van der Waals surface area (Å²) in [6.45, 7) is 11.3. The summed E-state index contributed by atoms with van der Waals surface area (Å²) >= 11 is 0. The third kappa shape index (κ3) is 9.30. The summed E-state index contributed by atoms with van der Waals surface area (Å²) in [5.41, 5.74) is 5.56. The van der Waals surface area contributed by atoms with Gasteiger partial charge in [0.05, 0.1) is 32.0 Å². The van der Waals surface area contributed by atoms with Gasteiger partial charge in [-0.1, -0.05) is 33.6 Å². The highest BCUT2D eigenvalue weighted by Gasteiger charge is 2.39. The first-order valence-electron chi connectivity index (χ1n) is 12.9. The van der Waals surface area contributed by atoms with E-state index in [2.05, 4.69) is 32.1 Å². The number of imidazole rings is 1. The number of carbonyl (C=O) groups excluding carboxylic acids is 1. The van der Waals surface area contributed by atoms with Crippen molar-refractivity contribution in [3.63, 3.8) is 0 Å². The van der Waals surface area contributed by atoms with Crippen molar-refractivity contribution < 1.29 is 28.7 Å². The number of carbonyl (C=O) groups is 2. The Morgan fingerprint density at radius 1 is 1.21 bits per heavy atom. The molecule has 0 saturated carbocycles. The van der Waals surface area contributed by atoms with Gasteiger partial charge in [-0.3, -0.25) is 14.2 Å². The van der Waals surface area contributed by atoms with Crippen LogP contribution in [0.25, 0.3) is 11.2 Å². The molecule has 0 fully saturated rings. The maximum Gasteiger partial charge on any atom is 0.326 e. The molecule has 0 radical (unpaired) electrons. The third-order valence-corrected chi connectivity index (χ3v) is 8.13. The second-order valence-corrected chi connectivity index (χ2v) is 12.6. The molecule has 38 heavy (non-hydrogen) atoms. The minimum atomic E-state index is -3.66. The highest BCUT2D eigenvalue weighted by molar-refractivity contribution is 7.59. The highest BCUT2D eigenvalue weighted by Crippen LogP contribution is 2.41. The molecule has 14 heteroatoms. The van der Waals surface area contributed by atoms with Gasteiger partial charge < -0.3 is 24.9 Å². The second-order valence-electron chi connectivity index (χ2n) is 10.3. The lowest BCUT2D eigenvalue weighted by atomic mass is 10.0. The number of aromatic nitrogens is 4. The van der Waals surface area contributed by atoms with E-state index >= 15 is 0 Å². The number of anilines is 1. The Bertz CT molecular complexity index is 1120. The summed E-state index contributed by atoms with van der Waals surface area (Å²) in [6.07, 6.45) is 4.60. The van der Waals surface area contributed by atoms with Crippen LogP contribution in [0.3, 0.4) is 0 Å². The maximum absolute atomic E-state index is 14.2. The monoisotopic (exact) mass is 555 g/mol. The number of nitrogens with zero attached hydrogens (tertiary/aromatic N) is 4. The minimum Gasteiger partial charge on any atom is -0.481 e. The lowest BCUT2D eigenvalue weighted by molar-refractivity contribution is -0.149. The number of ether oxygens (including phenoxy) is 2. The van der Waals surface area contributed by atoms with E-state index in [0.717, 1.165) is 19.3 Å². The van der Waals surface area contributed by atoms with Crippen molar-refractivity contribution in [1.29, 1.82) is 0 Å². The van der Waals surface area contributed by atoms with Gasteiger partial charge in [0.1, 0.15) is 23.7 Å². The fraction of sp³-hybridized carbons (Fsp3) is 0.708. The Balaban J connectivity index is 2.18. The molecular formula is C24H42N7O6P. The van der Waals surface area contributed by atoms with Gasteiger partial charge in [0, 0.05) is 6.04 Å². The van der Waals surface area contributed by atoms with Crippen LogP contribution in [0, 0.1) is 5.92 Å². The van der Waals surface area contributed by atoms with E-state index in [1.807, 2.05) is 13.8 Å². The Labute approximate surface area is 223 Å². The molecule has 2 aromatic rings. The first-order chi connectivity index (χ1) is 17.8. The number of carboxylic acid groups (broad SMARTS) is 1. The topological polar surface area (TPSA) is 184 Å². The normalized spacial score (nSPS) is 15.3. The molecule has 3 atom stereocenters. The smallest absolute Gasteiger partial charge is 0.326 e. The van der Waals surface area contributed by atoms with Gasteiger partial charge in [0.15, 0.2) is 11.5 Å². The Hall–Kier alpha value is -2.60. The molecule has 0 saturated heterocycles. The van der Waals surface area contributed by atoms with Crippen LogP contribution < -0.4 is 15.9 Å². The molecule has 2 aromatic heterocycles. The number of fused-ring (bicyclic) bond motifs is 1. The van der Waals surface area contributed by atoms with E-state index in [0.29, 0.717) is 17.7 Å². The molecule has 0 amide bonds. The van der Waals surface area contributed by atoms with E-state index in [1.54, 1.807) is 31.7 Å². The minimum absolute atomic E-state index is 0.148. The van der Waals surface area contributed by atoms with Crippen molar-refractivity contribution in [2.24, 2.45) is 5.92 Å².